The molecule has 0 aromatic rings. The minimum atomic E-state index is -1.45. The molecule has 4 amide bonds. The molecule has 0 aromatic heterocycles. The fourth-order valence-electron chi connectivity index (χ4n) is 3.76. The Morgan fingerprint density at radius 1 is 0.625 bits per heavy atom. The van der Waals surface area contributed by atoms with Crippen molar-refractivity contribution in [3.63, 3.8) is 0 Å². The van der Waals surface area contributed by atoms with E-state index in [1.54, 1.807) is 0 Å². The van der Waals surface area contributed by atoms with E-state index >= 15 is 0 Å². The first-order chi connectivity index (χ1) is 21.5. The number of aliphatic hydroxyl groups excluding tert-OH is 2. The molecule has 0 spiro atoms. The third-order valence-electron chi connectivity index (χ3n) is 6.28. The Labute approximate surface area is 340 Å². The van der Waals surface area contributed by atoms with E-state index in [0.717, 1.165) is 50.0 Å². The zero-order chi connectivity index (χ0) is 35.7. The third-order valence-corrected chi connectivity index (χ3v) is 7.83. The number of carboxylic acids is 2. The van der Waals surface area contributed by atoms with Crippen LogP contribution in [0.2, 0.25) is 0 Å². The van der Waals surface area contributed by atoms with Gasteiger partial charge in [0.1, 0.15) is 12.1 Å². The largest absolute Gasteiger partial charge is 2.00 e. The van der Waals surface area contributed by atoms with Gasteiger partial charge in [-0.05, 0) is 63.9 Å². The van der Waals surface area contributed by atoms with Crippen LogP contribution in [0.25, 0.3) is 0 Å². The molecule has 0 fully saturated rings. The number of carbonyl (C=O) groups is 6. The standard InChI is InChI=1S/2C14H26N2O5S2.Na.Zn.H/c2*1-9(17)13(14(21)15-8-12(19)20)16-11(18)5-3-2-4-10(23)6-7-22;;;/h2*9-10,13,17,22-23H,2-8H2,1H3,(H,15,21)(H,16,18)(H,19,20);;;/q;;;+2;/p-2/t2*9-,10?,13+;;;/m11.../s1. The van der Waals surface area contributed by atoms with Crippen molar-refractivity contribution in [2.45, 2.75) is 113 Å². The summed E-state index contributed by atoms with van der Waals surface area (Å²) in [5.41, 5.74) is 0. The molecule has 0 bridgehead atoms. The van der Waals surface area contributed by atoms with Gasteiger partial charge in [-0.3, -0.25) is 19.2 Å². The van der Waals surface area contributed by atoms with Gasteiger partial charge in [-0.2, -0.15) is 50.5 Å². The van der Waals surface area contributed by atoms with Crippen molar-refractivity contribution < 1.29 is 68.7 Å². The van der Waals surface area contributed by atoms with Crippen LogP contribution in [0, 0.1) is 0 Å². The Morgan fingerprint density at radius 3 is 1.19 bits per heavy atom. The van der Waals surface area contributed by atoms with Gasteiger partial charge in [-0.1, -0.05) is 12.8 Å². The maximum Gasteiger partial charge on any atom is 2.00 e. The number of nitrogens with one attached hydrogen (secondary N) is 4. The van der Waals surface area contributed by atoms with Gasteiger partial charge in [0.2, 0.25) is 23.6 Å². The molecule has 14 nitrogen and oxygen atoms in total. The Balaban J connectivity index is -0.000000387. The number of aliphatic carboxylic acids is 2. The first kappa shape index (κ1) is 54.5. The number of rotatable bonds is 24. The number of hydrogen-bond donors (Lipinski definition) is 10. The van der Waals surface area contributed by atoms with E-state index in [4.69, 9.17) is 0 Å². The molecular weight excluding hydrogens is 769 g/mol. The summed E-state index contributed by atoms with van der Waals surface area (Å²) < 4.78 is 0. The minimum Gasteiger partial charge on any atom is 2.00 e. The molecule has 0 saturated carbocycles. The molecule has 0 aromatic carbocycles. The molecule has 0 saturated heterocycles. The normalized spacial score (nSPS) is 14.0. The predicted molar refractivity (Wildman–Crippen MR) is 190 cm³/mol. The van der Waals surface area contributed by atoms with Crippen LogP contribution in [0.15, 0.2) is 0 Å². The van der Waals surface area contributed by atoms with Gasteiger partial charge >= 0.3 is 49.0 Å². The molecule has 20 heteroatoms. The van der Waals surface area contributed by atoms with E-state index < -0.39 is 61.1 Å². The molecule has 0 aliphatic heterocycles. The first-order valence-electron chi connectivity index (χ1n) is 15.0. The predicted octanol–water partition coefficient (Wildman–Crippen LogP) is -2.86. The zero-order valence-corrected chi connectivity index (χ0v) is 33.6. The van der Waals surface area contributed by atoms with E-state index in [-0.39, 0.29) is 84.2 Å². The van der Waals surface area contributed by atoms with E-state index in [2.05, 4.69) is 71.8 Å². The van der Waals surface area contributed by atoms with Gasteiger partial charge in [-0.25, -0.2) is 0 Å². The summed E-state index contributed by atoms with van der Waals surface area (Å²) in [6.07, 6.45) is 4.66. The van der Waals surface area contributed by atoms with E-state index in [1.165, 1.54) is 13.8 Å². The number of amides is 4. The average Bonchev–Trinajstić information content (AvgIpc) is 2.96. The van der Waals surface area contributed by atoms with E-state index in [9.17, 15) is 49.2 Å². The Kier molecular flexibility index (Phi) is 38.5. The van der Waals surface area contributed by atoms with Crippen LogP contribution >= 0.6 is 50.5 Å². The van der Waals surface area contributed by atoms with Crippen molar-refractivity contribution in [2.75, 3.05) is 24.6 Å². The fourth-order valence-corrected chi connectivity index (χ4v) is 5.41. The number of carboxylic acid groups (broad SMARTS) is 2. The second-order valence-electron chi connectivity index (χ2n) is 10.6. The summed E-state index contributed by atoms with van der Waals surface area (Å²) in [5, 5.41) is 49.2. The molecule has 0 rings (SSSR count). The second kappa shape index (κ2) is 33.9. The van der Waals surface area contributed by atoms with Gasteiger partial charge in [0.05, 0.1) is 37.2 Å². The molecule has 0 aliphatic rings. The SMILES string of the molecule is C[C@@H](O)[C@H](NC(=O)CCCCC(S)CCS)C(=O)NCC(=O)[O-].C[C@@H](O)[C@H](NC(=O)CCCCC(S)CCS)C(=O)NCC(=O)[O-].[NaH].[Zn+2]. The van der Waals surface area contributed by atoms with Crippen molar-refractivity contribution in [1.29, 1.82) is 0 Å². The quantitative estimate of drug-likeness (QED) is 0.0272. The van der Waals surface area contributed by atoms with Crippen molar-refractivity contribution in [1.82, 2.24) is 21.3 Å². The molecule has 6 atom stereocenters. The summed E-state index contributed by atoms with van der Waals surface area (Å²) >= 11 is 17.0. The van der Waals surface area contributed by atoms with Crippen molar-refractivity contribution in [3.05, 3.63) is 0 Å². The van der Waals surface area contributed by atoms with Crippen molar-refractivity contribution in [2.24, 2.45) is 0 Å². The topological polar surface area (TPSA) is 237 Å². The molecule has 48 heavy (non-hydrogen) atoms. The maximum absolute atomic E-state index is 11.8. The molecule has 270 valence electrons. The average molecular weight is 820 g/mol. The summed E-state index contributed by atoms with van der Waals surface area (Å²) in [5.74, 6) is -3.62. The number of thiol groups is 4. The maximum atomic E-state index is 11.8. The molecule has 2 unspecified atom stereocenters. The van der Waals surface area contributed by atoms with Crippen LogP contribution in [-0.4, -0.2) is 135 Å². The smallest absolute Gasteiger partial charge is 2.00 e. The van der Waals surface area contributed by atoms with Crippen LogP contribution in [0.4, 0.5) is 0 Å². The molecule has 0 radical (unpaired) electrons. The van der Waals surface area contributed by atoms with Gasteiger partial charge in [0.15, 0.2) is 0 Å². The van der Waals surface area contributed by atoms with Crippen LogP contribution in [0.1, 0.15) is 78.1 Å². The van der Waals surface area contributed by atoms with Gasteiger partial charge in [0.25, 0.3) is 0 Å². The zero-order valence-electron chi connectivity index (χ0n) is 27.0. The van der Waals surface area contributed by atoms with Crippen LogP contribution < -0.4 is 31.5 Å². The molecule has 0 aliphatic carbocycles. The summed E-state index contributed by atoms with van der Waals surface area (Å²) in [6, 6.07) is -2.38. The summed E-state index contributed by atoms with van der Waals surface area (Å²) in [6.45, 7) is 1.33. The van der Waals surface area contributed by atoms with Crippen LogP contribution in [-0.2, 0) is 48.2 Å². The molecule has 6 N–H and O–H groups in total. The monoisotopic (exact) mass is 818 g/mol. The Hall–Kier alpha value is -0.237. The number of unbranched alkanes of at least 4 members (excludes halogenated alkanes) is 2. The van der Waals surface area contributed by atoms with Gasteiger partial charge in [0, 0.05) is 23.3 Å². The number of carbonyl (C=O) groups excluding carboxylic acids is 6. The minimum absolute atomic E-state index is 0. The fraction of sp³-hybridized carbons (Fsp3) is 0.786. The van der Waals surface area contributed by atoms with Gasteiger partial charge < -0.3 is 51.3 Å². The van der Waals surface area contributed by atoms with Gasteiger partial charge in [-0.15, -0.1) is 0 Å². The summed E-state index contributed by atoms with van der Waals surface area (Å²) in [7, 11) is 0. The number of hydrogen-bond acceptors (Lipinski definition) is 14. The van der Waals surface area contributed by atoms with E-state index in [1.807, 2.05) is 0 Å². The second-order valence-corrected chi connectivity index (χ2v) is 12.9. The summed E-state index contributed by atoms with van der Waals surface area (Å²) in [4.78, 5) is 67.7. The number of aliphatic hydroxyl groups is 2. The van der Waals surface area contributed by atoms with Crippen LogP contribution in [0.5, 0.6) is 0 Å². The van der Waals surface area contributed by atoms with Crippen LogP contribution in [0.3, 0.4) is 0 Å². The first-order valence-corrected chi connectivity index (χ1v) is 17.3. The van der Waals surface area contributed by atoms with Crippen molar-refractivity contribution >= 4 is 116 Å². The van der Waals surface area contributed by atoms with Crippen molar-refractivity contribution in [3.8, 4) is 0 Å². The Morgan fingerprint density at radius 2 is 0.938 bits per heavy atom. The molecular formula is C28H51N4NaO10S4Zn. The Bertz CT molecular complexity index is 873. The van der Waals surface area contributed by atoms with E-state index in [0.29, 0.717) is 12.8 Å². The third kappa shape index (κ3) is 31.7. The molecule has 0 heterocycles.